The van der Waals surface area contributed by atoms with Gasteiger partial charge in [0.05, 0.1) is 0 Å². The van der Waals surface area contributed by atoms with Crippen LogP contribution < -0.4 is 0 Å². The van der Waals surface area contributed by atoms with Crippen molar-refractivity contribution in [2.24, 2.45) is 5.41 Å². The summed E-state index contributed by atoms with van der Waals surface area (Å²) < 4.78 is 5.34. The summed E-state index contributed by atoms with van der Waals surface area (Å²) in [5.41, 5.74) is 1.97. The lowest BCUT2D eigenvalue weighted by atomic mass is 9.70. The van der Waals surface area contributed by atoms with Crippen molar-refractivity contribution in [3.63, 3.8) is 0 Å². The van der Waals surface area contributed by atoms with Gasteiger partial charge in [0, 0.05) is 23.0 Å². The molecule has 124 valence electrons. The smallest absolute Gasteiger partial charge is 0.198 e. The normalized spacial score (nSPS) is 20.7. The van der Waals surface area contributed by atoms with Crippen LogP contribution in [0.3, 0.4) is 0 Å². The Hall–Kier alpha value is -2.42. The first kappa shape index (κ1) is 16.4. The Kier molecular flexibility index (Phi) is 4.04. The van der Waals surface area contributed by atoms with Crippen LogP contribution in [0.2, 0.25) is 0 Å². The van der Waals surface area contributed by atoms with E-state index in [4.69, 9.17) is 4.74 Å². The molecule has 3 aliphatic rings. The Morgan fingerprint density at radius 2 is 1.79 bits per heavy atom. The molecule has 0 amide bonds. The first-order chi connectivity index (χ1) is 11.3. The van der Waals surface area contributed by atoms with Crippen LogP contribution in [0.15, 0.2) is 53.8 Å². The number of ketones is 2. The quantitative estimate of drug-likeness (QED) is 0.715. The summed E-state index contributed by atoms with van der Waals surface area (Å²) in [7, 11) is 0. The van der Waals surface area contributed by atoms with Crippen LogP contribution in [0.4, 0.5) is 0 Å². The number of hydrogen-bond donors (Lipinski definition) is 0. The standard InChI is InChI=1S/C12H10O.C9H12O2/c1-9(13)11-8-4-6-10-5-2-3-7-12(10)11;1-5-7-6(10)4-9(2,3)8(5)11-7/h2-8H,1H3;8H,4H2,1-3H3. The molecule has 2 aromatic carbocycles. The fraction of sp³-hybridized carbons (Fsp3) is 0.333. The average Bonchev–Trinajstić information content (AvgIpc) is 2.51. The van der Waals surface area contributed by atoms with E-state index in [0.717, 1.165) is 21.9 Å². The molecule has 24 heavy (non-hydrogen) atoms. The lowest BCUT2D eigenvalue weighted by Crippen LogP contribution is -2.48. The van der Waals surface area contributed by atoms with Gasteiger partial charge in [-0.15, -0.1) is 0 Å². The topological polar surface area (TPSA) is 43.4 Å². The molecule has 1 saturated heterocycles. The number of benzene rings is 2. The zero-order valence-electron chi connectivity index (χ0n) is 14.6. The van der Waals surface area contributed by atoms with E-state index in [1.165, 1.54) is 0 Å². The van der Waals surface area contributed by atoms with Gasteiger partial charge in [-0.05, 0) is 24.6 Å². The highest BCUT2D eigenvalue weighted by molar-refractivity contribution is 6.06. The van der Waals surface area contributed by atoms with Gasteiger partial charge in [-0.3, -0.25) is 9.59 Å². The first-order valence-corrected chi connectivity index (χ1v) is 8.20. The maximum absolute atomic E-state index is 11.3. The van der Waals surface area contributed by atoms with Crippen molar-refractivity contribution in [1.82, 2.24) is 0 Å². The number of Topliss-reactive ketones (excluding diaryl/α,β-unsaturated/α-hetero) is 2. The molecule has 5 rings (SSSR count). The predicted molar refractivity (Wildman–Crippen MR) is 94.9 cm³/mol. The molecule has 2 heterocycles. The molecule has 3 heteroatoms. The Morgan fingerprint density at radius 1 is 1.12 bits per heavy atom. The molecule has 2 aromatic rings. The largest absolute Gasteiger partial charge is 0.482 e. The monoisotopic (exact) mass is 322 g/mol. The lowest BCUT2D eigenvalue weighted by Gasteiger charge is -2.47. The van der Waals surface area contributed by atoms with Crippen molar-refractivity contribution in [2.45, 2.75) is 40.2 Å². The van der Waals surface area contributed by atoms with Gasteiger partial charge < -0.3 is 4.74 Å². The molecule has 1 atom stereocenters. The maximum atomic E-state index is 11.3. The second kappa shape index (κ2) is 5.90. The fourth-order valence-electron chi connectivity index (χ4n) is 3.51. The highest BCUT2D eigenvalue weighted by Gasteiger charge is 2.49. The zero-order valence-corrected chi connectivity index (χ0v) is 14.6. The SMILES string of the molecule is CC(=O)c1cccc2ccccc12.CC1=C2OC1C(C)(C)CC2=O. The van der Waals surface area contributed by atoms with Crippen molar-refractivity contribution in [3.8, 4) is 0 Å². The minimum Gasteiger partial charge on any atom is -0.482 e. The number of carbonyl (C=O) groups is 2. The minimum absolute atomic E-state index is 0.0168. The molecule has 1 aliphatic carbocycles. The first-order valence-electron chi connectivity index (χ1n) is 8.20. The van der Waals surface area contributed by atoms with Gasteiger partial charge in [0.25, 0.3) is 0 Å². The third kappa shape index (κ3) is 2.75. The third-order valence-electron chi connectivity index (χ3n) is 4.74. The second-order valence-electron chi connectivity index (χ2n) is 7.18. The van der Waals surface area contributed by atoms with Gasteiger partial charge in [-0.2, -0.15) is 0 Å². The number of hydrogen-bond acceptors (Lipinski definition) is 3. The van der Waals surface area contributed by atoms with Crippen molar-refractivity contribution < 1.29 is 14.3 Å². The van der Waals surface area contributed by atoms with Crippen molar-refractivity contribution in [3.05, 3.63) is 59.4 Å². The van der Waals surface area contributed by atoms with Crippen molar-refractivity contribution in [1.29, 1.82) is 0 Å². The van der Waals surface area contributed by atoms with Crippen LogP contribution in [0.25, 0.3) is 10.8 Å². The van der Waals surface area contributed by atoms with Gasteiger partial charge in [-0.25, -0.2) is 0 Å². The van der Waals surface area contributed by atoms with Gasteiger partial charge in [-0.1, -0.05) is 56.3 Å². The molecule has 0 saturated carbocycles. The highest BCUT2D eigenvalue weighted by atomic mass is 16.5. The van der Waals surface area contributed by atoms with Crippen LogP contribution in [0.1, 0.15) is 44.5 Å². The number of fused-ring (bicyclic) bond motifs is 3. The van der Waals surface area contributed by atoms with Crippen molar-refractivity contribution >= 4 is 22.3 Å². The lowest BCUT2D eigenvalue weighted by molar-refractivity contribution is -0.137. The van der Waals surface area contributed by atoms with E-state index in [9.17, 15) is 9.59 Å². The van der Waals surface area contributed by atoms with Gasteiger partial charge >= 0.3 is 0 Å². The molecule has 2 aliphatic heterocycles. The molecular formula is C21H22O3. The molecule has 1 fully saturated rings. The van der Waals surface area contributed by atoms with E-state index < -0.39 is 0 Å². The Bertz CT molecular complexity index is 853. The third-order valence-corrected chi connectivity index (χ3v) is 4.74. The molecule has 0 spiro atoms. The van der Waals surface area contributed by atoms with E-state index in [1.54, 1.807) is 6.92 Å². The molecule has 2 bridgehead atoms. The molecule has 0 N–H and O–H groups in total. The summed E-state index contributed by atoms with van der Waals surface area (Å²) in [5.74, 6) is 0.932. The number of rotatable bonds is 1. The number of allylic oxidation sites excluding steroid dienone is 1. The average molecular weight is 322 g/mol. The van der Waals surface area contributed by atoms with Gasteiger partial charge in [0.2, 0.25) is 0 Å². The second-order valence-corrected chi connectivity index (χ2v) is 7.18. The summed E-state index contributed by atoms with van der Waals surface area (Å²) in [4.78, 5) is 22.5. The molecule has 0 aromatic heterocycles. The van der Waals surface area contributed by atoms with Crippen LogP contribution in [0.5, 0.6) is 0 Å². The summed E-state index contributed by atoms with van der Waals surface area (Å²) in [6.07, 6.45) is 0.847. The summed E-state index contributed by atoms with van der Waals surface area (Å²) in [5, 5.41) is 2.16. The van der Waals surface area contributed by atoms with E-state index in [-0.39, 0.29) is 23.1 Å². The van der Waals surface area contributed by atoms with E-state index >= 15 is 0 Å². The fourth-order valence-corrected chi connectivity index (χ4v) is 3.51. The summed E-state index contributed by atoms with van der Waals surface area (Å²) >= 11 is 0. The summed E-state index contributed by atoms with van der Waals surface area (Å²) in [6.45, 7) is 7.74. The Balaban J connectivity index is 0.000000143. The van der Waals surface area contributed by atoms with E-state index in [2.05, 4.69) is 13.8 Å². The summed E-state index contributed by atoms with van der Waals surface area (Å²) in [6, 6.07) is 13.7. The van der Waals surface area contributed by atoms with Crippen LogP contribution >= 0.6 is 0 Å². The van der Waals surface area contributed by atoms with Gasteiger partial charge in [0.1, 0.15) is 6.10 Å². The van der Waals surface area contributed by atoms with E-state index in [1.807, 2.05) is 49.4 Å². The van der Waals surface area contributed by atoms with Crippen LogP contribution in [-0.4, -0.2) is 17.7 Å². The van der Waals surface area contributed by atoms with Crippen LogP contribution in [-0.2, 0) is 9.53 Å². The number of ether oxygens (including phenoxy) is 1. The maximum Gasteiger partial charge on any atom is 0.198 e. The Labute approximate surface area is 142 Å². The molecule has 1 unspecified atom stereocenters. The highest BCUT2D eigenvalue weighted by Crippen LogP contribution is 2.47. The molecular weight excluding hydrogens is 300 g/mol. The van der Waals surface area contributed by atoms with Crippen LogP contribution in [0, 0.1) is 5.41 Å². The van der Waals surface area contributed by atoms with Crippen molar-refractivity contribution in [2.75, 3.05) is 0 Å². The molecule has 3 nitrogen and oxygen atoms in total. The minimum atomic E-state index is 0.0168. The predicted octanol–water partition coefficient (Wildman–Crippen LogP) is 4.70. The Morgan fingerprint density at radius 3 is 2.38 bits per heavy atom. The zero-order chi connectivity index (χ0) is 17.5. The molecule has 0 radical (unpaired) electrons. The van der Waals surface area contributed by atoms with Gasteiger partial charge in [0.15, 0.2) is 17.3 Å². The van der Waals surface area contributed by atoms with E-state index in [0.29, 0.717) is 12.2 Å². The number of carbonyl (C=O) groups excluding carboxylic acids is 2.